The number of hydrogen-bond donors (Lipinski definition) is 2. The molecule has 0 unspecified atom stereocenters. The van der Waals surface area contributed by atoms with E-state index in [0.29, 0.717) is 11.7 Å². The van der Waals surface area contributed by atoms with Gasteiger partial charge in [0.05, 0.1) is 0 Å². The highest BCUT2D eigenvalue weighted by Crippen LogP contribution is 2.37. The summed E-state index contributed by atoms with van der Waals surface area (Å²) in [4.78, 5) is 23.2. The molecule has 0 fully saturated rings. The largest absolute Gasteiger partial charge is 0.346 e. The molecule has 8 heteroatoms. The van der Waals surface area contributed by atoms with Gasteiger partial charge in [0.15, 0.2) is 11.7 Å². The summed E-state index contributed by atoms with van der Waals surface area (Å²) in [5.41, 5.74) is 5.49. The van der Waals surface area contributed by atoms with Crippen molar-refractivity contribution in [2.45, 2.75) is 0 Å². The van der Waals surface area contributed by atoms with Gasteiger partial charge in [-0.3, -0.25) is 4.75 Å². The maximum Gasteiger partial charge on any atom is 0.346 e. The Morgan fingerprint density at radius 2 is 1.09 bits per heavy atom. The zero-order chi connectivity index (χ0) is 21.2. The lowest BCUT2D eigenvalue weighted by atomic mass is 9.57. The number of halogens is 1. The van der Waals surface area contributed by atoms with Gasteiger partial charge in [0, 0.05) is 33.1 Å². The number of amidine groups is 2. The van der Waals surface area contributed by atoms with Gasteiger partial charge in [0.1, 0.15) is 11.6 Å². The van der Waals surface area contributed by atoms with Gasteiger partial charge in [-0.25, -0.2) is 20.0 Å². The predicted octanol–water partition coefficient (Wildman–Crippen LogP) is 4.76. The van der Waals surface area contributed by atoms with E-state index in [2.05, 4.69) is 15.8 Å². The molecule has 4 aromatic rings. The van der Waals surface area contributed by atoms with E-state index in [1.807, 2.05) is 66.7 Å². The first-order valence-corrected chi connectivity index (χ1v) is 10.7. The first-order chi connectivity index (χ1) is 15.8. The van der Waals surface area contributed by atoms with Crippen LogP contribution in [0, 0.1) is 0 Å². The molecule has 0 saturated heterocycles. The molecule has 3 aliphatic heterocycles. The van der Waals surface area contributed by atoms with E-state index in [1.165, 1.54) is 0 Å². The zero-order valence-electron chi connectivity index (χ0n) is 16.7. The third-order valence-electron chi connectivity index (χ3n) is 6.11. The second kappa shape index (κ2) is 6.59. The number of aliphatic imine (C=N–C) groups is 4. The average molecular weight is 433 g/mol. The molecule has 0 atom stereocenters. The molecule has 4 heterocycles. The summed E-state index contributed by atoms with van der Waals surface area (Å²) in [5.74, 6) is 2.71. The van der Waals surface area contributed by atoms with E-state index in [9.17, 15) is 0 Å². The monoisotopic (exact) mass is 432 g/mol. The molecule has 2 N–H and O–H groups in total. The van der Waals surface area contributed by atoms with E-state index in [-0.39, 0.29) is 6.85 Å². The average Bonchev–Trinajstić information content (AvgIpc) is 3.46. The number of nitrogens with zero attached hydrogens (tertiary/aromatic N) is 4. The first kappa shape index (κ1) is 17.8. The highest BCUT2D eigenvalue weighted by atomic mass is 35.5. The van der Waals surface area contributed by atoms with Crippen LogP contribution in [0.3, 0.4) is 0 Å². The van der Waals surface area contributed by atoms with Crippen molar-refractivity contribution in [3.63, 3.8) is 0 Å². The van der Waals surface area contributed by atoms with Crippen LogP contribution in [0.15, 0.2) is 92.8 Å². The van der Waals surface area contributed by atoms with E-state index in [0.717, 1.165) is 55.9 Å². The number of aromatic amines is 1. The fourth-order valence-electron chi connectivity index (χ4n) is 4.65. The maximum absolute atomic E-state index is 6.29. The van der Waals surface area contributed by atoms with Crippen LogP contribution in [-0.2, 0) is 0 Å². The normalized spacial score (nSPS) is 20.7. The Hall–Kier alpha value is -3.81. The summed E-state index contributed by atoms with van der Waals surface area (Å²) in [6, 6.07) is 24.2. The molecule has 7 rings (SSSR count). The van der Waals surface area contributed by atoms with Gasteiger partial charge in [0.25, 0.3) is 0 Å². The Morgan fingerprint density at radius 1 is 0.594 bits per heavy atom. The molecule has 0 saturated carbocycles. The first-order valence-electron chi connectivity index (χ1n) is 10.3. The summed E-state index contributed by atoms with van der Waals surface area (Å²) in [7, 11) is 0. The molecule has 1 aromatic heterocycles. The van der Waals surface area contributed by atoms with Gasteiger partial charge < -0.3 is 4.98 Å². The van der Waals surface area contributed by atoms with Crippen LogP contribution in [0.1, 0.15) is 22.3 Å². The molecule has 6 bridgehead atoms. The van der Waals surface area contributed by atoms with Crippen molar-refractivity contribution in [3.05, 3.63) is 95.1 Å². The lowest BCUT2D eigenvalue weighted by molar-refractivity contribution is 1.30. The van der Waals surface area contributed by atoms with E-state index >= 15 is 0 Å². The Morgan fingerprint density at radius 3 is 1.72 bits per heavy atom. The Kier molecular flexibility index (Phi) is 3.67. The molecule has 0 radical (unpaired) electrons. The molecule has 0 amide bonds. The third kappa shape index (κ3) is 2.40. The lowest BCUT2D eigenvalue weighted by Crippen LogP contribution is -2.40. The Bertz CT molecular complexity index is 1580. The van der Waals surface area contributed by atoms with Crippen LogP contribution < -0.4 is 4.75 Å². The van der Waals surface area contributed by atoms with Gasteiger partial charge in [-0.2, -0.15) is 0 Å². The summed E-state index contributed by atoms with van der Waals surface area (Å²) >= 11 is 6.29. The van der Waals surface area contributed by atoms with Crippen LogP contribution in [0.5, 0.6) is 0 Å². The smallest absolute Gasteiger partial charge is 0.324 e. The van der Waals surface area contributed by atoms with Crippen LogP contribution >= 0.6 is 11.8 Å². The number of nitrogens with one attached hydrogen (secondary N) is 2. The highest BCUT2D eigenvalue weighted by Gasteiger charge is 2.40. The molecule has 150 valence electrons. The van der Waals surface area contributed by atoms with Crippen molar-refractivity contribution in [1.82, 2.24) is 9.73 Å². The van der Waals surface area contributed by atoms with Crippen molar-refractivity contribution in [1.29, 1.82) is 0 Å². The maximum atomic E-state index is 6.29. The fraction of sp³-hybridized carbons (Fsp3) is 0. The van der Waals surface area contributed by atoms with Crippen LogP contribution in [0.2, 0.25) is 0 Å². The number of fused-ring (bicyclic) bond motifs is 14. The fourth-order valence-corrected chi connectivity index (χ4v) is 4.85. The molecule has 3 aliphatic rings. The van der Waals surface area contributed by atoms with Gasteiger partial charge in [-0.1, -0.05) is 72.8 Å². The topological polar surface area (TPSA) is 77.3 Å². The number of rotatable bonds is 1. The van der Waals surface area contributed by atoms with Crippen molar-refractivity contribution in [3.8, 4) is 0 Å². The molecular formula is C24H14BClN6. The lowest BCUT2D eigenvalue weighted by Gasteiger charge is -2.07. The molecular weight excluding hydrogens is 419 g/mol. The van der Waals surface area contributed by atoms with Gasteiger partial charge in [-0.05, 0) is 22.9 Å². The summed E-state index contributed by atoms with van der Waals surface area (Å²) in [6.45, 7) is -0.380. The van der Waals surface area contributed by atoms with E-state index in [4.69, 9.17) is 31.7 Å². The van der Waals surface area contributed by atoms with Gasteiger partial charge in [0.2, 0.25) is 0 Å². The van der Waals surface area contributed by atoms with Crippen LogP contribution in [0.4, 0.5) is 11.6 Å². The van der Waals surface area contributed by atoms with Crippen molar-refractivity contribution >= 4 is 63.9 Å². The second-order valence-electron chi connectivity index (χ2n) is 7.87. The summed E-state index contributed by atoms with van der Waals surface area (Å²) < 4.78 is 2.91. The molecule has 3 aromatic carbocycles. The predicted molar refractivity (Wildman–Crippen MR) is 131 cm³/mol. The second-order valence-corrected chi connectivity index (χ2v) is 8.08. The minimum absolute atomic E-state index is 0.380. The Labute approximate surface area is 188 Å². The van der Waals surface area contributed by atoms with Crippen molar-refractivity contribution in [2.24, 2.45) is 20.0 Å². The summed E-state index contributed by atoms with van der Waals surface area (Å²) in [5, 5.41) is 1.98. The molecule has 0 aliphatic carbocycles. The zero-order valence-corrected chi connectivity index (χ0v) is 17.4. The number of H-pyrrole nitrogens is 1. The molecule has 32 heavy (non-hydrogen) atoms. The van der Waals surface area contributed by atoms with Crippen molar-refractivity contribution in [2.75, 3.05) is 0 Å². The summed E-state index contributed by atoms with van der Waals surface area (Å²) in [6.07, 6.45) is 0. The molecule has 6 nitrogen and oxygen atoms in total. The highest BCUT2D eigenvalue weighted by molar-refractivity contribution is 7.18. The molecule has 0 spiro atoms. The standard InChI is InChI=1S/C24H14BClN6/c26-32-25-19-13-7-1-2-8-14(13)20(25)28-22-16-10-4-6-12-18(16)24(30-22)31-23-17-11-5-3-9-15(17)21(27-19)29-23/h1-12,32H,(H,27,28,29,30,31). The van der Waals surface area contributed by atoms with E-state index in [1.54, 1.807) is 0 Å². The quantitative estimate of drug-likeness (QED) is 0.330. The van der Waals surface area contributed by atoms with Crippen LogP contribution in [-0.4, -0.2) is 34.7 Å². The third-order valence-corrected chi connectivity index (χ3v) is 6.32. The number of hydrogen-bond acceptors (Lipinski definition) is 5. The van der Waals surface area contributed by atoms with E-state index < -0.39 is 0 Å². The number of benzene rings is 3. The minimum Gasteiger partial charge on any atom is -0.324 e. The Balaban J connectivity index is 1.65. The van der Waals surface area contributed by atoms with Gasteiger partial charge in [-0.15, -0.1) is 0 Å². The van der Waals surface area contributed by atoms with Crippen LogP contribution in [0.25, 0.3) is 10.8 Å². The minimum atomic E-state index is -0.380. The van der Waals surface area contributed by atoms with Gasteiger partial charge >= 0.3 is 6.85 Å². The van der Waals surface area contributed by atoms with Crippen molar-refractivity contribution < 1.29 is 0 Å². The number of aromatic nitrogens is 1. The SMILES string of the molecule is ClNB1/C2=N\C3=NC(=N\c4[nH]c(c5ccccc45)/N=C\1c1ccccc12)/c1ccccc13.